The van der Waals surface area contributed by atoms with Crippen LogP contribution in [0, 0.1) is 0 Å². The number of rotatable bonds is 6. The molecule has 0 saturated heterocycles. The Morgan fingerprint density at radius 2 is 0.661 bits per heavy atom. The van der Waals surface area contributed by atoms with E-state index < -0.39 is 0 Å². The van der Waals surface area contributed by atoms with Gasteiger partial charge in [-0.25, -0.2) is 0 Å². The fraction of sp³-hybridized carbons (Fsp3) is 0. The first-order chi connectivity index (χ1) is 30.7. The van der Waals surface area contributed by atoms with E-state index in [0.29, 0.717) is 0 Å². The van der Waals surface area contributed by atoms with Crippen molar-refractivity contribution in [3.8, 4) is 46.0 Å². The van der Waals surface area contributed by atoms with Gasteiger partial charge in [0.25, 0.3) is 13.4 Å². The predicted molar refractivity (Wildman–Crippen MR) is 254 cm³/mol. The molecule has 4 heterocycles. The lowest BCUT2D eigenvalue weighted by molar-refractivity contribution is 0.457. The molecule has 0 aliphatic carbocycles. The highest BCUT2D eigenvalue weighted by Gasteiger charge is 2.45. The van der Waals surface area contributed by atoms with Crippen molar-refractivity contribution in [1.29, 1.82) is 0 Å². The zero-order valence-corrected chi connectivity index (χ0v) is 33.4. The maximum Gasteiger partial charge on any atom is 0.260 e. The van der Waals surface area contributed by atoms with Gasteiger partial charge in [-0.3, -0.25) is 0 Å². The molecule has 0 fully saturated rings. The van der Waals surface area contributed by atoms with Crippen LogP contribution in [0.1, 0.15) is 0 Å². The Labute approximate surface area is 361 Å². The molecule has 0 bridgehead atoms. The second-order valence-electron chi connectivity index (χ2n) is 16.3. The van der Waals surface area contributed by atoms with Gasteiger partial charge in [-0.05, 0) is 82.5 Å². The Hall–Kier alpha value is -7.83. The van der Waals surface area contributed by atoms with E-state index in [1.165, 1.54) is 10.9 Å². The van der Waals surface area contributed by atoms with E-state index in [4.69, 9.17) is 18.9 Å². The average Bonchev–Trinajstić information content (AvgIpc) is 3.32. The first kappa shape index (κ1) is 35.0. The minimum Gasteiger partial charge on any atom is -0.458 e. The first-order valence-corrected chi connectivity index (χ1v) is 21.2. The van der Waals surface area contributed by atoms with E-state index >= 15 is 0 Å². The third kappa shape index (κ3) is 5.46. The number of hydrogen-bond acceptors (Lipinski definition) is 5. The zero-order chi connectivity index (χ0) is 40.7. The molecule has 9 aromatic carbocycles. The standard InChI is InChI=1S/C54H34B3NO4/c1-5-17-35(18-6-1)55(36-19-7-2-8-20-36)37-29-49-53-50(30-37)61-47-33-44-48(34-43(47)56(53)41-25-13-15-27-45(41)59-49)62-52-32-40(31-51-54(52)57(44)42-26-14-16-28-46(42)60-51)58(38-21-9-3-10-22-38)39-23-11-4-12-24-39/h1-34H. The van der Waals surface area contributed by atoms with E-state index in [-0.39, 0.29) is 20.1 Å². The summed E-state index contributed by atoms with van der Waals surface area (Å²) in [4.78, 5) is 2.25. The molecule has 8 heteroatoms. The molecule has 0 N–H and O–H groups in total. The molecule has 4 aliphatic rings. The van der Waals surface area contributed by atoms with Gasteiger partial charge in [0, 0.05) is 34.4 Å². The summed E-state index contributed by atoms with van der Waals surface area (Å²) in [7, 11) is 0. The van der Waals surface area contributed by atoms with Gasteiger partial charge in [0.1, 0.15) is 46.0 Å². The molecule has 0 amide bonds. The lowest BCUT2D eigenvalue weighted by Gasteiger charge is -2.37. The molecular formula is C54H34B3NO4. The average molecular weight is 793 g/mol. The van der Waals surface area contributed by atoms with Gasteiger partial charge in [-0.2, -0.15) is 0 Å². The molecule has 0 unspecified atom stereocenters. The van der Waals surface area contributed by atoms with E-state index in [9.17, 15) is 0 Å². The van der Waals surface area contributed by atoms with Gasteiger partial charge in [0.2, 0.25) is 6.71 Å². The monoisotopic (exact) mass is 793 g/mol. The Balaban J connectivity index is 0.997. The minimum absolute atomic E-state index is 0.0293. The highest BCUT2D eigenvalue weighted by atomic mass is 16.5. The Bertz CT molecular complexity index is 2930. The summed E-state index contributed by atoms with van der Waals surface area (Å²) in [5, 5.41) is 0. The quantitative estimate of drug-likeness (QED) is 0.168. The molecule has 62 heavy (non-hydrogen) atoms. The van der Waals surface area contributed by atoms with Gasteiger partial charge < -0.3 is 23.8 Å². The van der Waals surface area contributed by atoms with Gasteiger partial charge in [0.05, 0.1) is 5.69 Å². The van der Waals surface area contributed by atoms with Crippen LogP contribution >= 0.6 is 0 Å². The van der Waals surface area contributed by atoms with Crippen molar-refractivity contribution in [2.24, 2.45) is 0 Å². The van der Waals surface area contributed by atoms with Crippen molar-refractivity contribution in [3.63, 3.8) is 0 Å². The van der Waals surface area contributed by atoms with Crippen molar-refractivity contribution in [2.75, 3.05) is 4.90 Å². The largest absolute Gasteiger partial charge is 0.458 e. The summed E-state index contributed by atoms with van der Waals surface area (Å²) in [6.07, 6.45) is 0. The normalized spacial score (nSPS) is 13.0. The summed E-state index contributed by atoms with van der Waals surface area (Å²) < 4.78 is 27.9. The number of para-hydroxylation sites is 4. The van der Waals surface area contributed by atoms with E-state index in [0.717, 1.165) is 101 Å². The van der Waals surface area contributed by atoms with Crippen LogP contribution in [0.15, 0.2) is 206 Å². The molecule has 13 rings (SSSR count). The maximum atomic E-state index is 7.16. The molecule has 4 aliphatic heterocycles. The van der Waals surface area contributed by atoms with E-state index in [1.54, 1.807) is 0 Å². The van der Waals surface area contributed by atoms with Crippen molar-refractivity contribution in [3.05, 3.63) is 206 Å². The number of nitrogens with zero attached hydrogens (tertiary/aromatic N) is 1. The van der Waals surface area contributed by atoms with Crippen LogP contribution in [0.25, 0.3) is 0 Å². The van der Waals surface area contributed by atoms with Crippen molar-refractivity contribution in [2.45, 2.75) is 0 Å². The third-order valence-electron chi connectivity index (χ3n) is 12.8. The van der Waals surface area contributed by atoms with Crippen LogP contribution in [0.2, 0.25) is 0 Å². The number of anilines is 3. The number of benzene rings is 9. The second kappa shape index (κ2) is 13.9. The first-order valence-electron chi connectivity index (χ1n) is 21.2. The van der Waals surface area contributed by atoms with Crippen LogP contribution < -0.4 is 73.0 Å². The summed E-state index contributed by atoms with van der Waals surface area (Å²) >= 11 is 0. The summed E-state index contributed by atoms with van der Waals surface area (Å²) in [5.41, 5.74) is 12.8. The van der Waals surface area contributed by atoms with Crippen LogP contribution in [-0.4, -0.2) is 20.1 Å². The lowest BCUT2D eigenvalue weighted by atomic mass is 9.32. The van der Waals surface area contributed by atoms with Crippen LogP contribution in [-0.2, 0) is 0 Å². The SMILES string of the molecule is c1ccc(B(c2ccccc2)c2cc3c4c(c2)Oc2cc5c(cc2B4c2ccccc2O3)Oc2cc(N(c3ccccc3)c3ccccc3)cc3c2B5c2ccccc2O3)cc1. The topological polar surface area (TPSA) is 40.2 Å². The molecule has 288 valence electrons. The summed E-state index contributed by atoms with van der Waals surface area (Å²) in [5.74, 6) is 6.43. The molecule has 0 spiro atoms. The Kier molecular flexibility index (Phi) is 7.82. The Morgan fingerprint density at radius 3 is 1.11 bits per heavy atom. The molecule has 9 aromatic rings. The highest BCUT2D eigenvalue weighted by Crippen LogP contribution is 2.43. The smallest absolute Gasteiger partial charge is 0.260 e. The van der Waals surface area contributed by atoms with Gasteiger partial charge in [0.15, 0.2) is 0 Å². The van der Waals surface area contributed by atoms with Crippen molar-refractivity contribution < 1.29 is 18.9 Å². The fourth-order valence-electron chi connectivity index (χ4n) is 10.2. The molecule has 0 aromatic heterocycles. The van der Waals surface area contributed by atoms with Crippen LogP contribution in [0.4, 0.5) is 17.1 Å². The summed E-state index contributed by atoms with van der Waals surface area (Å²) in [6, 6.07) is 72.2. The highest BCUT2D eigenvalue weighted by molar-refractivity contribution is 7.00. The number of hydrogen-bond donors (Lipinski definition) is 0. The van der Waals surface area contributed by atoms with Gasteiger partial charge >= 0.3 is 0 Å². The zero-order valence-electron chi connectivity index (χ0n) is 33.4. The number of fused-ring (bicyclic) bond motifs is 8. The van der Waals surface area contributed by atoms with E-state index in [2.05, 4.69) is 187 Å². The Morgan fingerprint density at radius 1 is 0.290 bits per heavy atom. The fourth-order valence-corrected chi connectivity index (χ4v) is 10.2. The number of ether oxygens (including phenoxy) is 4. The lowest BCUT2D eigenvalue weighted by Crippen LogP contribution is -2.61. The van der Waals surface area contributed by atoms with E-state index in [1.807, 2.05) is 24.3 Å². The molecule has 0 radical (unpaired) electrons. The third-order valence-corrected chi connectivity index (χ3v) is 12.8. The van der Waals surface area contributed by atoms with Crippen molar-refractivity contribution in [1.82, 2.24) is 0 Å². The predicted octanol–water partition coefficient (Wildman–Crippen LogP) is 7.13. The molecule has 0 saturated carbocycles. The summed E-state index contributed by atoms with van der Waals surface area (Å²) in [6.45, 7) is -0.316. The molecule has 0 atom stereocenters. The van der Waals surface area contributed by atoms with Crippen LogP contribution in [0.5, 0.6) is 46.0 Å². The van der Waals surface area contributed by atoms with Gasteiger partial charge in [-0.15, -0.1) is 0 Å². The maximum absolute atomic E-state index is 7.16. The van der Waals surface area contributed by atoms with Crippen molar-refractivity contribution >= 4 is 86.4 Å². The van der Waals surface area contributed by atoms with Gasteiger partial charge in [-0.1, -0.05) is 150 Å². The van der Waals surface area contributed by atoms with Crippen LogP contribution in [0.3, 0.4) is 0 Å². The molecular weight excluding hydrogens is 759 g/mol. The molecule has 5 nitrogen and oxygen atoms in total. The minimum atomic E-state index is -0.149. The second-order valence-corrected chi connectivity index (χ2v) is 16.3.